The molecule has 0 saturated heterocycles. The molecule has 1 saturated carbocycles. The Labute approximate surface area is 175 Å². The third-order valence-electron chi connectivity index (χ3n) is 6.59. The maximum atomic E-state index is 13.1. The Bertz CT molecular complexity index is 1050. The van der Waals surface area contributed by atoms with E-state index in [1.165, 1.54) is 12.1 Å². The van der Waals surface area contributed by atoms with E-state index in [2.05, 4.69) is 0 Å². The van der Waals surface area contributed by atoms with Gasteiger partial charge < -0.3 is 20.4 Å². The molecule has 2 aromatic carbocycles. The molecule has 2 aliphatic carbocycles. The summed E-state index contributed by atoms with van der Waals surface area (Å²) in [6, 6.07) is 12.7. The molecule has 2 atom stereocenters. The summed E-state index contributed by atoms with van der Waals surface area (Å²) in [5.74, 6) is -1.61. The summed E-state index contributed by atoms with van der Waals surface area (Å²) < 4.78 is 0. The molecule has 0 heterocycles. The van der Waals surface area contributed by atoms with Crippen LogP contribution in [0.25, 0.3) is 6.08 Å². The molecule has 0 aliphatic heterocycles. The SMILES string of the molecule is CC1=C2CCC[C@H](O)[C@@]2(Cc2ccccc2)CC(=Cc2ccc(O)c(O)c2O)C1=O. The van der Waals surface area contributed by atoms with E-state index in [-0.39, 0.29) is 11.3 Å². The zero-order chi connectivity index (χ0) is 21.5. The maximum absolute atomic E-state index is 13.1. The summed E-state index contributed by atoms with van der Waals surface area (Å²) in [6.45, 7) is 1.82. The Morgan fingerprint density at radius 2 is 1.80 bits per heavy atom. The number of aliphatic hydroxyl groups is 1. The number of hydrogen-bond acceptors (Lipinski definition) is 5. The Kier molecular flexibility index (Phi) is 5.16. The molecular formula is C25H26O5. The van der Waals surface area contributed by atoms with Crippen molar-refractivity contribution >= 4 is 11.9 Å². The van der Waals surface area contributed by atoms with Gasteiger partial charge in [0.15, 0.2) is 17.3 Å². The highest BCUT2D eigenvalue weighted by Gasteiger charge is 2.48. The van der Waals surface area contributed by atoms with Gasteiger partial charge in [-0.3, -0.25) is 4.79 Å². The first-order chi connectivity index (χ1) is 14.3. The van der Waals surface area contributed by atoms with Crippen LogP contribution in [0.1, 0.15) is 43.7 Å². The molecule has 0 radical (unpaired) electrons. The number of aliphatic hydroxyl groups excluding tert-OH is 1. The minimum atomic E-state index is -0.614. The largest absolute Gasteiger partial charge is 0.504 e. The minimum absolute atomic E-state index is 0.102. The minimum Gasteiger partial charge on any atom is -0.504 e. The number of phenolic OH excluding ortho intramolecular Hbond substituents is 3. The van der Waals surface area contributed by atoms with Crippen LogP contribution in [0, 0.1) is 5.41 Å². The number of allylic oxidation sites excluding steroid dienone is 2. The Hall–Kier alpha value is -3.05. The Morgan fingerprint density at radius 3 is 2.53 bits per heavy atom. The molecular weight excluding hydrogens is 380 g/mol. The number of hydrogen-bond donors (Lipinski definition) is 4. The molecule has 5 nitrogen and oxygen atoms in total. The number of carbonyl (C=O) groups excluding carboxylic acids is 1. The Balaban J connectivity index is 1.83. The fourth-order valence-corrected chi connectivity index (χ4v) is 5.03. The highest BCUT2D eigenvalue weighted by molar-refractivity contribution is 6.12. The van der Waals surface area contributed by atoms with E-state index in [0.717, 1.165) is 24.0 Å². The molecule has 2 aliphatic rings. The predicted molar refractivity (Wildman–Crippen MR) is 114 cm³/mol. The molecule has 0 amide bonds. The van der Waals surface area contributed by atoms with Gasteiger partial charge in [-0.2, -0.15) is 0 Å². The molecule has 0 bridgehead atoms. The molecule has 156 valence electrons. The molecule has 4 N–H and O–H groups in total. The lowest BCUT2D eigenvalue weighted by atomic mass is 9.57. The quantitative estimate of drug-likeness (QED) is 0.451. The maximum Gasteiger partial charge on any atom is 0.200 e. The standard InChI is InChI=1S/C25H26O5/c1-15-19-8-5-9-21(27)25(19,13-16-6-3-2-4-7-16)14-18(22(15)28)12-17-10-11-20(26)24(30)23(17)29/h2-4,6-7,10-12,21,26-27,29-30H,5,8-9,13-14H2,1H3/t21-,25-/m0/s1. The molecule has 0 spiro atoms. The van der Waals surface area contributed by atoms with Crippen LogP contribution in [0.4, 0.5) is 0 Å². The van der Waals surface area contributed by atoms with Gasteiger partial charge in [-0.1, -0.05) is 35.9 Å². The van der Waals surface area contributed by atoms with E-state index in [1.54, 1.807) is 6.08 Å². The van der Waals surface area contributed by atoms with Crippen LogP contribution in [0.3, 0.4) is 0 Å². The number of benzene rings is 2. The summed E-state index contributed by atoms with van der Waals surface area (Å²) in [5, 5.41) is 40.8. The monoisotopic (exact) mass is 406 g/mol. The fraction of sp³-hybridized carbons (Fsp3) is 0.320. The van der Waals surface area contributed by atoms with E-state index in [1.807, 2.05) is 37.3 Å². The van der Waals surface area contributed by atoms with Crippen LogP contribution < -0.4 is 0 Å². The van der Waals surface area contributed by atoms with Crippen LogP contribution in [-0.4, -0.2) is 32.3 Å². The predicted octanol–water partition coefficient (Wildman–Crippen LogP) is 4.25. The summed E-state index contributed by atoms with van der Waals surface area (Å²) in [7, 11) is 0. The van der Waals surface area contributed by atoms with Crippen LogP contribution in [0.2, 0.25) is 0 Å². The van der Waals surface area contributed by atoms with Gasteiger partial charge in [-0.05, 0) is 68.4 Å². The van der Waals surface area contributed by atoms with E-state index < -0.39 is 28.8 Å². The summed E-state index contributed by atoms with van der Waals surface area (Å²) in [6.07, 6.45) is 4.29. The molecule has 2 aromatic rings. The van der Waals surface area contributed by atoms with E-state index in [9.17, 15) is 25.2 Å². The summed E-state index contributed by atoms with van der Waals surface area (Å²) in [4.78, 5) is 13.1. The lowest BCUT2D eigenvalue weighted by molar-refractivity contribution is -0.113. The lowest BCUT2D eigenvalue weighted by Crippen LogP contribution is -2.46. The van der Waals surface area contributed by atoms with Gasteiger partial charge in [0.2, 0.25) is 5.75 Å². The first-order valence-electron chi connectivity index (χ1n) is 10.2. The molecule has 30 heavy (non-hydrogen) atoms. The number of rotatable bonds is 3. The van der Waals surface area contributed by atoms with Crippen LogP contribution in [-0.2, 0) is 11.2 Å². The number of aromatic hydroxyl groups is 3. The second-order valence-corrected chi connectivity index (χ2v) is 8.38. The third-order valence-corrected chi connectivity index (χ3v) is 6.59. The van der Waals surface area contributed by atoms with Crippen molar-refractivity contribution in [1.29, 1.82) is 0 Å². The van der Waals surface area contributed by atoms with Gasteiger partial charge in [0.25, 0.3) is 0 Å². The zero-order valence-corrected chi connectivity index (χ0v) is 16.9. The number of ketones is 1. The van der Waals surface area contributed by atoms with Crippen molar-refractivity contribution in [2.75, 3.05) is 0 Å². The average molecular weight is 406 g/mol. The van der Waals surface area contributed by atoms with Crippen LogP contribution >= 0.6 is 0 Å². The number of fused-ring (bicyclic) bond motifs is 1. The van der Waals surface area contributed by atoms with Gasteiger partial charge in [0.1, 0.15) is 0 Å². The number of phenols is 3. The van der Waals surface area contributed by atoms with Gasteiger partial charge in [-0.25, -0.2) is 0 Å². The van der Waals surface area contributed by atoms with E-state index in [0.29, 0.717) is 30.4 Å². The summed E-state index contributed by atoms with van der Waals surface area (Å²) in [5.41, 5.74) is 2.95. The smallest absolute Gasteiger partial charge is 0.200 e. The molecule has 0 aromatic heterocycles. The normalized spacial score (nSPS) is 25.5. The van der Waals surface area contributed by atoms with Gasteiger partial charge >= 0.3 is 0 Å². The van der Waals surface area contributed by atoms with Crippen LogP contribution in [0.15, 0.2) is 59.2 Å². The van der Waals surface area contributed by atoms with Crippen molar-refractivity contribution < 1.29 is 25.2 Å². The van der Waals surface area contributed by atoms with Crippen molar-refractivity contribution in [1.82, 2.24) is 0 Å². The summed E-state index contributed by atoms with van der Waals surface area (Å²) >= 11 is 0. The molecule has 4 rings (SSSR count). The lowest BCUT2D eigenvalue weighted by Gasteiger charge is -2.48. The second-order valence-electron chi connectivity index (χ2n) is 8.38. The second kappa shape index (κ2) is 7.65. The van der Waals surface area contributed by atoms with Gasteiger partial charge in [-0.15, -0.1) is 0 Å². The molecule has 0 unspecified atom stereocenters. The van der Waals surface area contributed by atoms with Gasteiger partial charge in [0.05, 0.1) is 6.10 Å². The van der Waals surface area contributed by atoms with Crippen LogP contribution in [0.5, 0.6) is 17.2 Å². The first kappa shape index (κ1) is 20.2. The van der Waals surface area contributed by atoms with E-state index in [4.69, 9.17) is 0 Å². The topological polar surface area (TPSA) is 98.0 Å². The third kappa shape index (κ3) is 3.29. The fourth-order valence-electron chi connectivity index (χ4n) is 5.03. The van der Waals surface area contributed by atoms with Crippen molar-refractivity contribution in [2.45, 2.75) is 45.1 Å². The van der Waals surface area contributed by atoms with Crippen molar-refractivity contribution in [2.24, 2.45) is 5.41 Å². The highest BCUT2D eigenvalue weighted by atomic mass is 16.3. The highest BCUT2D eigenvalue weighted by Crippen LogP contribution is 2.53. The molecule has 5 heteroatoms. The average Bonchev–Trinajstić information content (AvgIpc) is 2.74. The Morgan fingerprint density at radius 1 is 1.07 bits per heavy atom. The zero-order valence-electron chi connectivity index (χ0n) is 16.9. The van der Waals surface area contributed by atoms with Gasteiger partial charge in [0, 0.05) is 16.6 Å². The van der Waals surface area contributed by atoms with Crippen molar-refractivity contribution in [3.05, 3.63) is 70.3 Å². The number of carbonyl (C=O) groups is 1. The van der Waals surface area contributed by atoms with Crippen molar-refractivity contribution in [3.8, 4) is 17.2 Å². The number of Topliss-reactive ketones (excluding diaryl/α,β-unsaturated/α-hetero) is 1. The van der Waals surface area contributed by atoms with Crippen molar-refractivity contribution in [3.63, 3.8) is 0 Å². The first-order valence-corrected chi connectivity index (χ1v) is 10.2. The van der Waals surface area contributed by atoms with E-state index >= 15 is 0 Å². The molecule has 1 fully saturated rings.